The fourth-order valence-electron chi connectivity index (χ4n) is 3.77. The third kappa shape index (κ3) is 4.28. The van der Waals surface area contributed by atoms with Gasteiger partial charge in [-0.2, -0.15) is 0 Å². The van der Waals surface area contributed by atoms with Crippen LogP contribution in [0.3, 0.4) is 0 Å². The lowest BCUT2D eigenvalue weighted by Gasteiger charge is -2.02. The summed E-state index contributed by atoms with van der Waals surface area (Å²) in [6.07, 6.45) is 10.5. The molecule has 5 aromatic rings. The Balaban J connectivity index is 1.27. The van der Waals surface area contributed by atoms with E-state index in [4.69, 9.17) is 0 Å². The Morgan fingerprint density at radius 3 is 3.09 bits per heavy atom. The molecule has 0 saturated carbocycles. The number of allylic oxidation sites excluding steroid dienone is 1. The summed E-state index contributed by atoms with van der Waals surface area (Å²) in [4.78, 5) is 12.2. The summed E-state index contributed by atoms with van der Waals surface area (Å²) in [7, 11) is 0. The molecular formula is C23H23FN8. The lowest BCUT2D eigenvalue weighted by atomic mass is 10.2. The number of hydrogen-bond donors (Lipinski definition) is 2. The smallest absolute Gasteiger partial charge is 0.115 e. The molecule has 5 aromatic heterocycles. The van der Waals surface area contributed by atoms with Crippen LogP contribution < -0.4 is 5.32 Å². The van der Waals surface area contributed by atoms with Gasteiger partial charge in [0.05, 0.1) is 42.3 Å². The number of imidazole rings is 1. The van der Waals surface area contributed by atoms with E-state index >= 15 is 0 Å². The van der Waals surface area contributed by atoms with Crippen molar-refractivity contribution < 1.29 is 4.39 Å². The molecule has 0 radical (unpaired) electrons. The van der Waals surface area contributed by atoms with Crippen molar-refractivity contribution in [3.05, 3.63) is 79.2 Å². The molecule has 0 atom stereocenters. The minimum Gasteiger partial charge on any atom is -0.357 e. The van der Waals surface area contributed by atoms with Gasteiger partial charge in [-0.15, -0.1) is 5.10 Å². The van der Waals surface area contributed by atoms with Crippen molar-refractivity contribution in [3.8, 4) is 11.3 Å². The second-order valence-corrected chi connectivity index (χ2v) is 7.76. The van der Waals surface area contributed by atoms with Gasteiger partial charge in [0.1, 0.15) is 5.69 Å². The zero-order chi connectivity index (χ0) is 21.9. The molecule has 0 fully saturated rings. The predicted molar refractivity (Wildman–Crippen MR) is 121 cm³/mol. The van der Waals surface area contributed by atoms with Crippen LogP contribution in [0.25, 0.3) is 27.7 Å². The van der Waals surface area contributed by atoms with E-state index in [1.807, 2.05) is 47.4 Å². The molecule has 0 saturated heterocycles. The maximum absolute atomic E-state index is 12.7. The van der Waals surface area contributed by atoms with Crippen LogP contribution in [0, 0.1) is 0 Å². The minimum atomic E-state index is -0.269. The van der Waals surface area contributed by atoms with E-state index in [2.05, 4.69) is 43.2 Å². The second kappa shape index (κ2) is 8.72. The van der Waals surface area contributed by atoms with E-state index in [0.717, 1.165) is 52.0 Å². The van der Waals surface area contributed by atoms with Gasteiger partial charge in [-0.25, -0.2) is 14.1 Å². The first-order chi connectivity index (χ1) is 15.7. The fraction of sp³-hybridized carbons (Fsp3) is 0.217. The number of nitrogens with one attached hydrogen (secondary N) is 2. The van der Waals surface area contributed by atoms with Gasteiger partial charge >= 0.3 is 0 Å². The van der Waals surface area contributed by atoms with E-state index in [1.54, 1.807) is 11.0 Å². The molecule has 5 heterocycles. The third-order valence-electron chi connectivity index (χ3n) is 5.32. The van der Waals surface area contributed by atoms with Crippen LogP contribution >= 0.6 is 0 Å². The second-order valence-electron chi connectivity index (χ2n) is 7.76. The molecule has 162 valence electrons. The standard InChI is InChI=1S/C23H23FN8/c1-16(24)4-2-6-25-11-18-8-17-10-27-19(9-21(17)28-18)13-32-14-22(29-30-32)20-5-3-7-31-15-26-12-23(20)31/h3,5,7-10,12,14-15,25,28H,1-2,4,6,11,13H2. The summed E-state index contributed by atoms with van der Waals surface area (Å²) in [6, 6.07) is 8.09. The molecule has 0 spiro atoms. The first-order valence-corrected chi connectivity index (χ1v) is 10.5. The average molecular weight is 430 g/mol. The van der Waals surface area contributed by atoms with Gasteiger partial charge in [-0.1, -0.05) is 11.8 Å². The molecule has 9 heteroatoms. The Labute approximate surface area is 183 Å². The monoisotopic (exact) mass is 430 g/mol. The summed E-state index contributed by atoms with van der Waals surface area (Å²) in [5, 5.41) is 13.0. The fourth-order valence-corrected chi connectivity index (χ4v) is 3.77. The van der Waals surface area contributed by atoms with Crippen LogP contribution in [0.1, 0.15) is 24.2 Å². The highest BCUT2D eigenvalue weighted by molar-refractivity contribution is 5.80. The van der Waals surface area contributed by atoms with Crippen molar-refractivity contribution in [2.24, 2.45) is 0 Å². The maximum atomic E-state index is 12.7. The largest absolute Gasteiger partial charge is 0.357 e. The van der Waals surface area contributed by atoms with E-state index in [-0.39, 0.29) is 5.83 Å². The number of H-pyrrole nitrogens is 1. The predicted octanol–water partition coefficient (Wildman–Crippen LogP) is 3.87. The highest BCUT2D eigenvalue weighted by Crippen LogP contribution is 2.22. The van der Waals surface area contributed by atoms with Crippen LogP contribution in [0.4, 0.5) is 4.39 Å². The van der Waals surface area contributed by atoms with E-state index < -0.39 is 0 Å². The Morgan fingerprint density at radius 2 is 2.19 bits per heavy atom. The number of rotatable bonds is 9. The summed E-state index contributed by atoms with van der Waals surface area (Å²) in [5.74, 6) is -0.269. The van der Waals surface area contributed by atoms with Gasteiger partial charge in [-0.05, 0) is 43.7 Å². The molecule has 0 aliphatic rings. The quantitative estimate of drug-likeness (QED) is 0.347. The van der Waals surface area contributed by atoms with E-state index in [1.165, 1.54) is 0 Å². The lowest BCUT2D eigenvalue weighted by molar-refractivity contribution is 0.555. The zero-order valence-electron chi connectivity index (χ0n) is 17.5. The molecule has 5 rings (SSSR count). The Kier molecular flexibility index (Phi) is 5.47. The van der Waals surface area contributed by atoms with Crippen molar-refractivity contribution in [1.29, 1.82) is 0 Å². The Morgan fingerprint density at radius 1 is 1.25 bits per heavy atom. The molecule has 0 amide bonds. The number of aromatic nitrogens is 7. The van der Waals surface area contributed by atoms with Crippen LogP contribution in [-0.4, -0.2) is 40.9 Å². The van der Waals surface area contributed by atoms with Gasteiger partial charge in [0.15, 0.2) is 0 Å². The maximum Gasteiger partial charge on any atom is 0.115 e. The van der Waals surface area contributed by atoms with Crippen LogP contribution in [0.5, 0.6) is 0 Å². The van der Waals surface area contributed by atoms with Crippen molar-refractivity contribution in [2.45, 2.75) is 25.9 Å². The number of halogens is 1. The molecule has 0 aliphatic carbocycles. The van der Waals surface area contributed by atoms with Gasteiger partial charge in [0, 0.05) is 41.1 Å². The van der Waals surface area contributed by atoms with Gasteiger partial charge in [0.25, 0.3) is 0 Å². The first-order valence-electron chi connectivity index (χ1n) is 10.5. The summed E-state index contributed by atoms with van der Waals surface area (Å²) >= 11 is 0. The van der Waals surface area contributed by atoms with Gasteiger partial charge < -0.3 is 14.7 Å². The summed E-state index contributed by atoms with van der Waals surface area (Å²) in [6.45, 7) is 5.23. The highest BCUT2D eigenvalue weighted by atomic mass is 19.1. The normalized spacial score (nSPS) is 11.5. The van der Waals surface area contributed by atoms with Gasteiger partial charge in [-0.3, -0.25) is 4.98 Å². The first kappa shape index (κ1) is 20.1. The third-order valence-corrected chi connectivity index (χ3v) is 5.32. The molecule has 0 unspecified atom stereocenters. The molecule has 0 bridgehead atoms. The molecule has 32 heavy (non-hydrogen) atoms. The van der Waals surface area contributed by atoms with E-state index in [9.17, 15) is 4.39 Å². The molecule has 0 aliphatic heterocycles. The van der Waals surface area contributed by atoms with Crippen LogP contribution in [0.15, 0.2) is 67.8 Å². The number of pyridine rings is 2. The number of hydrogen-bond acceptors (Lipinski definition) is 5. The van der Waals surface area contributed by atoms with Crippen LogP contribution in [-0.2, 0) is 13.1 Å². The molecule has 0 aromatic carbocycles. The summed E-state index contributed by atoms with van der Waals surface area (Å²) < 4.78 is 16.4. The van der Waals surface area contributed by atoms with Crippen LogP contribution in [0.2, 0.25) is 0 Å². The van der Waals surface area contributed by atoms with Crippen molar-refractivity contribution in [3.63, 3.8) is 0 Å². The molecule has 8 nitrogen and oxygen atoms in total. The zero-order valence-corrected chi connectivity index (χ0v) is 17.5. The van der Waals surface area contributed by atoms with Crippen molar-refractivity contribution in [2.75, 3.05) is 6.54 Å². The Bertz CT molecular complexity index is 1380. The lowest BCUT2D eigenvalue weighted by Crippen LogP contribution is -2.14. The summed E-state index contributed by atoms with van der Waals surface area (Å²) in [5.41, 5.74) is 5.74. The number of fused-ring (bicyclic) bond motifs is 2. The average Bonchev–Trinajstić information content (AvgIpc) is 3.52. The number of aromatic amines is 1. The Hall–Kier alpha value is -3.85. The SMILES string of the molecule is C=C(F)CCCNCc1cc2cnc(Cn3cc(-c4cccn5cncc45)nn3)cc2[nH]1. The molecule has 2 N–H and O–H groups in total. The topological polar surface area (TPSA) is 88.7 Å². The number of nitrogens with zero attached hydrogens (tertiary/aromatic N) is 6. The van der Waals surface area contributed by atoms with Crippen molar-refractivity contribution in [1.82, 2.24) is 39.7 Å². The van der Waals surface area contributed by atoms with Gasteiger partial charge in [0.2, 0.25) is 0 Å². The van der Waals surface area contributed by atoms with Crippen molar-refractivity contribution >= 4 is 16.4 Å². The highest BCUT2D eigenvalue weighted by Gasteiger charge is 2.10. The minimum absolute atomic E-state index is 0.269. The molecular weight excluding hydrogens is 407 g/mol. The van der Waals surface area contributed by atoms with E-state index in [0.29, 0.717) is 19.5 Å².